The third-order valence-corrected chi connectivity index (χ3v) is 5.68. The van der Waals surface area contributed by atoms with Gasteiger partial charge in [-0.05, 0) is 56.7 Å². The molecule has 4 heterocycles. The highest BCUT2D eigenvalue weighted by atomic mass is 19.1. The van der Waals surface area contributed by atoms with Crippen molar-refractivity contribution < 1.29 is 4.39 Å². The van der Waals surface area contributed by atoms with Crippen molar-refractivity contribution >= 4 is 22.3 Å². The van der Waals surface area contributed by atoms with Crippen LogP contribution in [0.4, 0.5) is 10.1 Å². The molecule has 0 aliphatic rings. The highest BCUT2D eigenvalue weighted by Crippen LogP contribution is 2.31. The number of hydrogen-bond donors (Lipinski definition) is 3. The van der Waals surface area contributed by atoms with Crippen molar-refractivity contribution in [1.29, 1.82) is 0 Å². The molecule has 5 rings (SSSR count). The van der Waals surface area contributed by atoms with Gasteiger partial charge in [-0.25, -0.2) is 14.4 Å². The highest BCUT2D eigenvalue weighted by Gasteiger charge is 2.19. The number of nitrogens with zero attached hydrogens (tertiary/aromatic N) is 4. The van der Waals surface area contributed by atoms with E-state index < -0.39 is 0 Å². The van der Waals surface area contributed by atoms with E-state index in [-0.39, 0.29) is 5.82 Å². The monoisotopic (exact) mass is 509 g/mol. The van der Waals surface area contributed by atoms with Crippen LogP contribution in [0.2, 0.25) is 0 Å². The van der Waals surface area contributed by atoms with Crippen LogP contribution >= 0.6 is 0 Å². The van der Waals surface area contributed by atoms with Gasteiger partial charge in [-0.15, -0.1) is 0 Å². The van der Waals surface area contributed by atoms with Gasteiger partial charge in [0.15, 0.2) is 11.5 Å². The first-order valence-corrected chi connectivity index (χ1v) is 12.7. The Morgan fingerprint density at radius 2 is 1.89 bits per heavy atom. The van der Waals surface area contributed by atoms with E-state index in [4.69, 9.17) is 9.97 Å². The molecule has 8 heteroatoms. The maximum Gasteiger partial charge on any atom is 0.161 e. The Morgan fingerprint density at radius 3 is 2.63 bits per heavy atom. The molecule has 3 N–H and O–H groups in total. The fourth-order valence-electron chi connectivity index (χ4n) is 4.14. The van der Waals surface area contributed by atoms with Crippen molar-refractivity contribution in [2.75, 3.05) is 5.32 Å². The minimum Gasteiger partial charge on any atom is -0.382 e. The number of aromatic amines is 2. The Labute approximate surface area is 222 Å². The van der Waals surface area contributed by atoms with Gasteiger partial charge in [-0.2, -0.15) is 5.10 Å². The van der Waals surface area contributed by atoms with Crippen molar-refractivity contribution in [2.45, 2.75) is 40.7 Å². The molecule has 0 amide bonds. The molecule has 38 heavy (non-hydrogen) atoms. The standard InChI is InChI=1S/C28H26FN7.C2H6/c1-5-7-22(18-8-6-9-20(29)12-18)25-17(4)32-28(34-25)27-26-24(35-36-27)11-10-23(33-26)19-13-21(15-30-14-19)31-16(2)3;1-2/h5-16,31H,1H2,2-4H3,(H,32,34)(H,35,36);1-2H3/b22-7-;. The smallest absolute Gasteiger partial charge is 0.161 e. The predicted molar refractivity (Wildman–Crippen MR) is 153 cm³/mol. The lowest BCUT2D eigenvalue weighted by atomic mass is 10.0. The topological polar surface area (TPSA) is 95.2 Å². The van der Waals surface area contributed by atoms with Crippen LogP contribution in [0, 0.1) is 12.7 Å². The number of pyridine rings is 2. The Balaban J connectivity index is 0.00000164. The number of halogens is 1. The summed E-state index contributed by atoms with van der Waals surface area (Å²) >= 11 is 0. The maximum atomic E-state index is 13.9. The van der Waals surface area contributed by atoms with Crippen LogP contribution in [0.1, 0.15) is 44.6 Å². The number of aromatic nitrogens is 6. The molecule has 0 spiro atoms. The molecule has 0 saturated carbocycles. The second kappa shape index (κ2) is 11.6. The second-order valence-corrected chi connectivity index (χ2v) is 8.81. The molecule has 7 nitrogen and oxygen atoms in total. The number of nitrogens with one attached hydrogen (secondary N) is 3. The summed E-state index contributed by atoms with van der Waals surface area (Å²) in [6.07, 6.45) is 7.08. The number of hydrogen-bond acceptors (Lipinski definition) is 5. The van der Waals surface area contributed by atoms with E-state index in [0.29, 0.717) is 34.3 Å². The van der Waals surface area contributed by atoms with Gasteiger partial charge in [0.25, 0.3) is 0 Å². The lowest BCUT2D eigenvalue weighted by Gasteiger charge is -2.10. The molecule has 0 unspecified atom stereocenters. The fraction of sp³-hybridized carbons (Fsp3) is 0.200. The molecule has 0 atom stereocenters. The number of allylic oxidation sites excluding steroid dienone is 2. The zero-order valence-electron chi connectivity index (χ0n) is 22.3. The molecule has 1 aromatic carbocycles. The Hall–Kier alpha value is -4.59. The highest BCUT2D eigenvalue weighted by molar-refractivity contribution is 5.90. The van der Waals surface area contributed by atoms with Crippen LogP contribution in [0.15, 0.2) is 73.6 Å². The number of H-pyrrole nitrogens is 2. The van der Waals surface area contributed by atoms with Gasteiger partial charge in [0.1, 0.15) is 11.3 Å². The van der Waals surface area contributed by atoms with Crippen molar-refractivity contribution in [1.82, 2.24) is 30.1 Å². The van der Waals surface area contributed by atoms with Gasteiger partial charge in [-0.3, -0.25) is 10.1 Å². The largest absolute Gasteiger partial charge is 0.382 e. The fourth-order valence-corrected chi connectivity index (χ4v) is 4.14. The quantitative estimate of drug-likeness (QED) is 0.200. The molecule has 0 saturated heterocycles. The molecular formula is C30H32FN7. The van der Waals surface area contributed by atoms with E-state index in [1.807, 2.05) is 51.1 Å². The first-order chi connectivity index (χ1) is 18.4. The van der Waals surface area contributed by atoms with Gasteiger partial charge in [0.05, 0.1) is 22.6 Å². The van der Waals surface area contributed by atoms with E-state index in [9.17, 15) is 4.39 Å². The number of rotatable bonds is 7. The first-order valence-electron chi connectivity index (χ1n) is 12.7. The normalized spacial score (nSPS) is 11.4. The summed E-state index contributed by atoms with van der Waals surface area (Å²) in [7, 11) is 0. The van der Waals surface area contributed by atoms with Crippen molar-refractivity contribution in [2.24, 2.45) is 0 Å². The molecule has 194 valence electrons. The molecule has 4 aromatic heterocycles. The van der Waals surface area contributed by atoms with E-state index >= 15 is 0 Å². The Kier molecular flexibility index (Phi) is 8.11. The molecule has 5 aromatic rings. The van der Waals surface area contributed by atoms with Gasteiger partial charge < -0.3 is 10.3 Å². The molecule has 0 radical (unpaired) electrons. The maximum absolute atomic E-state index is 13.9. The van der Waals surface area contributed by atoms with Crippen LogP contribution < -0.4 is 5.32 Å². The second-order valence-electron chi connectivity index (χ2n) is 8.81. The predicted octanol–water partition coefficient (Wildman–Crippen LogP) is 7.32. The lowest BCUT2D eigenvalue weighted by Crippen LogP contribution is -2.09. The first kappa shape index (κ1) is 26.5. The number of anilines is 1. The number of imidazole rings is 1. The Morgan fingerprint density at radius 1 is 1.08 bits per heavy atom. The van der Waals surface area contributed by atoms with Crippen molar-refractivity contribution in [3.8, 4) is 22.8 Å². The number of benzene rings is 1. The third kappa shape index (κ3) is 5.54. The zero-order valence-corrected chi connectivity index (χ0v) is 22.3. The molecule has 0 bridgehead atoms. The number of aryl methyl sites for hydroxylation is 1. The minimum absolute atomic E-state index is 0.293. The number of fused-ring (bicyclic) bond motifs is 1. The zero-order chi connectivity index (χ0) is 27.2. The van der Waals surface area contributed by atoms with Crippen LogP contribution in [-0.2, 0) is 0 Å². The summed E-state index contributed by atoms with van der Waals surface area (Å²) in [5.41, 5.74) is 7.68. The summed E-state index contributed by atoms with van der Waals surface area (Å²) < 4.78 is 13.9. The van der Waals surface area contributed by atoms with E-state index in [0.717, 1.165) is 33.7 Å². The lowest BCUT2D eigenvalue weighted by molar-refractivity contribution is 0.627. The SMILES string of the molecule is C=C/C=C(/c1cccc(F)c1)c1nc(-c2n[nH]c3ccc(-c4cncc(NC(C)C)c4)nc23)[nH]c1C.CC. The average Bonchev–Trinajstić information content (AvgIpc) is 3.51. The Bertz CT molecular complexity index is 1590. The molecule has 0 fully saturated rings. The summed E-state index contributed by atoms with van der Waals surface area (Å²) in [6.45, 7) is 13.9. The molecule has 0 aliphatic heterocycles. The van der Waals surface area contributed by atoms with Crippen LogP contribution in [0.5, 0.6) is 0 Å². The summed E-state index contributed by atoms with van der Waals surface area (Å²) in [4.78, 5) is 17.4. The van der Waals surface area contributed by atoms with E-state index in [1.165, 1.54) is 12.1 Å². The van der Waals surface area contributed by atoms with Crippen molar-refractivity contribution in [3.63, 3.8) is 0 Å². The molecule has 0 aliphatic carbocycles. The van der Waals surface area contributed by atoms with Crippen LogP contribution in [0.3, 0.4) is 0 Å². The van der Waals surface area contributed by atoms with E-state index in [2.05, 4.69) is 45.9 Å². The average molecular weight is 510 g/mol. The van der Waals surface area contributed by atoms with Gasteiger partial charge in [-0.1, -0.05) is 44.7 Å². The van der Waals surface area contributed by atoms with Gasteiger partial charge >= 0.3 is 0 Å². The summed E-state index contributed by atoms with van der Waals surface area (Å²) in [6, 6.07) is 12.6. The summed E-state index contributed by atoms with van der Waals surface area (Å²) in [5, 5.41) is 10.9. The summed E-state index contributed by atoms with van der Waals surface area (Å²) in [5.74, 6) is 0.256. The van der Waals surface area contributed by atoms with Gasteiger partial charge in [0, 0.05) is 35.3 Å². The third-order valence-electron chi connectivity index (χ3n) is 5.68. The van der Waals surface area contributed by atoms with Crippen LogP contribution in [-0.4, -0.2) is 36.2 Å². The van der Waals surface area contributed by atoms with Gasteiger partial charge in [0.2, 0.25) is 0 Å². The van der Waals surface area contributed by atoms with Crippen molar-refractivity contribution in [3.05, 3.63) is 96.4 Å². The molecular weight excluding hydrogens is 477 g/mol. The van der Waals surface area contributed by atoms with E-state index in [1.54, 1.807) is 24.5 Å². The van der Waals surface area contributed by atoms with Crippen LogP contribution in [0.25, 0.3) is 39.4 Å². The minimum atomic E-state index is -0.312.